The van der Waals surface area contributed by atoms with Crippen molar-refractivity contribution in [3.8, 4) is 0 Å². The lowest BCUT2D eigenvalue weighted by molar-refractivity contribution is -0.189. The van der Waals surface area contributed by atoms with Crippen LogP contribution in [0.3, 0.4) is 0 Å². The van der Waals surface area contributed by atoms with Gasteiger partial charge in [0.2, 0.25) is 0 Å². The second-order valence-electron chi connectivity index (χ2n) is 7.20. The molecule has 0 heterocycles. The minimum atomic E-state index is -0.848. The predicted molar refractivity (Wildman–Crippen MR) is 69.1 cm³/mol. The largest absolute Gasteiger partial charge is 0.396 e. The van der Waals surface area contributed by atoms with E-state index in [1.807, 2.05) is 0 Å². The van der Waals surface area contributed by atoms with Gasteiger partial charge in [-0.1, -0.05) is 20.3 Å². The van der Waals surface area contributed by atoms with E-state index >= 15 is 0 Å². The van der Waals surface area contributed by atoms with Crippen molar-refractivity contribution in [2.75, 3.05) is 20.3 Å². The van der Waals surface area contributed by atoms with Gasteiger partial charge in [-0.25, -0.2) is 0 Å². The molecule has 0 aliphatic heterocycles. The molecule has 0 aromatic rings. The molecule has 0 aromatic heterocycles. The normalized spacial score (nSPS) is 58.2. The highest BCUT2D eigenvalue weighted by atomic mass is 16.5. The Balaban J connectivity index is 2.11. The first kappa shape index (κ1) is 12.9. The third kappa shape index (κ3) is 1.09. The Morgan fingerprint density at radius 3 is 2.67 bits per heavy atom. The molecule has 6 unspecified atom stereocenters. The van der Waals surface area contributed by atoms with Crippen LogP contribution in [-0.2, 0) is 4.74 Å². The van der Waals surface area contributed by atoms with Crippen LogP contribution in [0.25, 0.3) is 0 Å². The molecule has 3 aliphatic carbocycles. The third-order valence-electron chi connectivity index (χ3n) is 7.17. The van der Waals surface area contributed by atoms with Gasteiger partial charge in [0, 0.05) is 25.0 Å². The first-order valence-corrected chi connectivity index (χ1v) is 7.28. The molecule has 3 heteroatoms. The van der Waals surface area contributed by atoms with Gasteiger partial charge in [-0.05, 0) is 36.5 Å². The van der Waals surface area contributed by atoms with Crippen molar-refractivity contribution in [1.82, 2.24) is 0 Å². The lowest BCUT2D eigenvalue weighted by Crippen LogP contribution is -2.59. The quantitative estimate of drug-likeness (QED) is 0.807. The van der Waals surface area contributed by atoms with Crippen LogP contribution < -0.4 is 0 Å². The Hall–Kier alpha value is -0.120. The molecule has 4 bridgehead atoms. The highest BCUT2D eigenvalue weighted by molar-refractivity contribution is 5.26. The zero-order chi connectivity index (χ0) is 13.2. The molecule has 0 amide bonds. The van der Waals surface area contributed by atoms with E-state index in [4.69, 9.17) is 4.74 Å². The minimum Gasteiger partial charge on any atom is -0.396 e. The van der Waals surface area contributed by atoms with E-state index in [-0.39, 0.29) is 23.4 Å². The molecule has 0 radical (unpaired) electrons. The van der Waals surface area contributed by atoms with Crippen molar-refractivity contribution in [2.45, 2.75) is 45.1 Å². The van der Waals surface area contributed by atoms with Gasteiger partial charge < -0.3 is 14.9 Å². The number of aliphatic hydroxyl groups is 2. The third-order valence-corrected chi connectivity index (χ3v) is 7.17. The summed E-state index contributed by atoms with van der Waals surface area (Å²) in [6.07, 6.45) is 4.87. The van der Waals surface area contributed by atoms with Gasteiger partial charge in [0.25, 0.3) is 0 Å². The van der Waals surface area contributed by atoms with Crippen LogP contribution in [-0.4, -0.2) is 36.1 Å². The summed E-state index contributed by atoms with van der Waals surface area (Å²) in [5, 5.41) is 21.1. The molecule has 18 heavy (non-hydrogen) atoms. The van der Waals surface area contributed by atoms with Crippen LogP contribution in [0.15, 0.2) is 0 Å². The van der Waals surface area contributed by atoms with Gasteiger partial charge in [0.05, 0.1) is 12.2 Å². The Morgan fingerprint density at radius 1 is 1.33 bits per heavy atom. The monoisotopic (exact) mass is 254 g/mol. The maximum absolute atomic E-state index is 11.3. The fourth-order valence-electron chi connectivity index (χ4n) is 6.15. The predicted octanol–water partition coefficient (Wildman–Crippen LogP) is 1.82. The molecule has 0 spiro atoms. The van der Waals surface area contributed by atoms with Gasteiger partial charge in [-0.3, -0.25) is 0 Å². The van der Waals surface area contributed by atoms with Gasteiger partial charge in [0.1, 0.15) is 0 Å². The van der Waals surface area contributed by atoms with Crippen molar-refractivity contribution >= 4 is 0 Å². The molecule has 104 valence electrons. The zero-order valence-electron chi connectivity index (χ0n) is 11.8. The second kappa shape index (κ2) is 3.71. The first-order chi connectivity index (χ1) is 8.45. The SMILES string of the molecule is COCC1(O)C(CO)C2CC3CCCC2(C)C31C. The van der Waals surface area contributed by atoms with Crippen LogP contribution >= 0.6 is 0 Å². The summed E-state index contributed by atoms with van der Waals surface area (Å²) < 4.78 is 5.33. The van der Waals surface area contributed by atoms with E-state index in [1.54, 1.807) is 7.11 Å². The van der Waals surface area contributed by atoms with Crippen molar-refractivity contribution in [3.05, 3.63) is 0 Å². The standard InChI is InChI=1S/C15H26O3/c1-13-6-4-5-10-7-11(13)12(8-16)15(17,9-18-3)14(10,13)2/h10-12,16-17H,4-9H2,1-3H3. The van der Waals surface area contributed by atoms with Crippen LogP contribution in [0.4, 0.5) is 0 Å². The Morgan fingerprint density at radius 2 is 2.06 bits per heavy atom. The summed E-state index contributed by atoms with van der Waals surface area (Å²) in [6, 6.07) is 0. The van der Waals surface area contributed by atoms with Gasteiger partial charge in [0.15, 0.2) is 0 Å². The summed E-state index contributed by atoms with van der Waals surface area (Å²) in [5.41, 5.74) is -0.762. The van der Waals surface area contributed by atoms with E-state index in [1.165, 1.54) is 25.7 Å². The summed E-state index contributed by atoms with van der Waals surface area (Å²) >= 11 is 0. The van der Waals surface area contributed by atoms with E-state index in [0.29, 0.717) is 18.4 Å². The molecule has 0 aromatic carbocycles. The summed E-state index contributed by atoms with van der Waals surface area (Å²) in [4.78, 5) is 0. The molecule has 3 saturated carbocycles. The smallest absolute Gasteiger partial charge is 0.0993 e. The molecule has 3 aliphatic rings. The van der Waals surface area contributed by atoms with Crippen LogP contribution in [0, 0.1) is 28.6 Å². The second-order valence-corrected chi connectivity index (χ2v) is 7.20. The number of hydrogen-bond donors (Lipinski definition) is 2. The van der Waals surface area contributed by atoms with Crippen molar-refractivity contribution in [3.63, 3.8) is 0 Å². The molecule has 2 N–H and O–H groups in total. The van der Waals surface area contributed by atoms with Gasteiger partial charge in [-0.2, -0.15) is 0 Å². The van der Waals surface area contributed by atoms with Crippen LogP contribution in [0.1, 0.15) is 39.5 Å². The van der Waals surface area contributed by atoms with E-state index in [2.05, 4.69) is 13.8 Å². The van der Waals surface area contributed by atoms with Crippen LogP contribution in [0.5, 0.6) is 0 Å². The lowest BCUT2D eigenvalue weighted by Gasteiger charge is -2.54. The minimum absolute atomic E-state index is 0.0122. The zero-order valence-corrected chi connectivity index (χ0v) is 11.8. The summed E-state index contributed by atoms with van der Waals surface area (Å²) in [7, 11) is 1.65. The fourth-order valence-corrected chi connectivity index (χ4v) is 6.15. The molecule has 3 nitrogen and oxygen atoms in total. The van der Waals surface area contributed by atoms with E-state index < -0.39 is 5.60 Å². The van der Waals surface area contributed by atoms with Gasteiger partial charge in [-0.15, -0.1) is 0 Å². The van der Waals surface area contributed by atoms with Crippen molar-refractivity contribution in [1.29, 1.82) is 0 Å². The fraction of sp³-hybridized carbons (Fsp3) is 1.00. The van der Waals surface area contributed by atoms with Crippen LogP contribution in [0.2, 0.25) is 0 Å². The lowest BCUT2D eigenvalue weighted by atomic mass is 9.54. The first-order valence-electron chi connectivity index (χ1n) is 7.28. The van der Waals surface area contributed by atoms with Crippen molar-refractivity contribution < 1.29 is 14.9 Å². The van der Waals surface area contributed by atoms with Gasteiger partial charge >= 0.3 is 0 Å². The maximum Gasteiger partial charge on any atom is 0.0993 e. The number of hydrogen-bond acceptors (Lipinski definition) is 3. The highest BCUT2D eigenvalue weighted by Crippen LogP contribution is 2.78. The molecule has 3 fully saturated rings. The Labute approximate surface area is 110 Å². The average Bonchev–Trinajstić information content (AvgIpc) is 2.53. The maximum atomic E-state index is 11.3. The Bertz CT molecular complexity index is 358. The molecular weight excluding hydrogens is 228 g/mol. The molecule has 6 atom stereocenters. The molecular formula is C15H26O3. The average molecular weight is 254 g/mol. The highest BCUT2D eigenvalue weighted by Gasteiger charge is 2.78. The van der Waals surface area contributed by atoms with E-state index in [0.717, 1.165) is 0 Å². The molecule has 0 saturated heterocycles. The number of aliphatic hydroxyl groups excluding tert-OH is 1. The number of ether oxygens (including phenoxy) is 1. The molecule has 3 rings (SSSR count). The number of methoxy groups -OCH3 is 1. The topological polar surface area (TPSA) is 49.7 Å². The number of rotatable bonds is 3. The van der Waals surface area contributed by atoms with Crippen molar-refractivity contribution in [2.24, 2.45) is 28.6 Å². The van der Waals surface area contributed by atoms with E-state index in [9.17, 15) is 10.2 Å². The summed E-state index contributed by atoms with van der Waals surface area (Å²) in [6.45, 7) is 5.04. The Kier molecular flexibility index (Phi) is 2.66. The summed E-state index contributed by atoms with van der Waals surface area (Å²) in [5.74, 6) is 1.05.